The average molecular weight is 172 g/mol. The van der Waals surface area contributed by atoms with E-state index in [2.05, 4.69) is 5.43 Å². The Hall–Kier alpha value is -1.00. The lowest BCUT2D eigenvalue weighted by Crippen LogP contribution is -2.25. The summed E-state index contributed by atoms with van der Waals surface area (Å²) < 4.78 is 25.2. The average Bonchev–Trinajstić information content (AvgIpc) is 2.01. The molecule has 0 bridgehead atoms. The van der Waals surface area contributed by atoms with Crippen LogP contribution in [0.25, 0.3) is 0 Å². The minimum Gasteiger partial charge on any atom is -0.271 e. The molecule has 3 N–H and O–H groups in total. The van der Waals surface area contributed by atoms with E-state index in [0.29, 0.717) is 5.56 Å². The number of hydrogen-bond donors (Lipinski definition) is 2. The maximum atomic E-state index is 12.6. The third kappa shape index (κ3) is 1.99. The topological polar surface area (TPSA) is 38.0 Å². The third-order valence-corrected chi connectivity index (χ3v) is 1.63. The van der Waals surface area contributed by atoms with E-state index in [4.69, 9.17) is 5.84 Å². The van der Waals surface area contributed by atoms with Crippen molar-refractivity contribution in [2.75, 3.05) is 0 Å². The minimum atomic E-state index is -0.591. The van der Waals surface area contributed by atoms with Gasteiger partial charge in [0.15, 0.2) is 0 Å². The Labute approximate surface area is 69.4 Å². The highest BCUT2D eigenvalue weighted by molar-refractivity contribution is 5.20. The molecule has 0 saturated heterocycles. The van der Waals surface area contributed by atoms with Crippen molar-refractivity contribution < 1.29 is 8.78 Å². The molecule has 1 rings (SSSR count). The second kappa shape index (κ2) is 3.60. The molecule has 0 amide bonds. The van der Waals surface area contributed by atoms with Gasteiger partial charge in [-0.1, -0.05) is 0 Å². The lowest BCUT2D eigenvalue weighted by Gasteiger charge is -2.09. The molecule has 0 aliphatic heterocycles. The maximum Gasteiger partial charge on any atom is 0.126 e. The van der Waals surface area contributed by atoms with Crippen molar-refractivity contribution in [2.24, 2.45) is 5.84 Å². The largest absolute Gasteiger partial charge is 0.271 e. The van der Waals surface area contributed by atoms with Crippen molar-refractivity contribution in [3.63, 3.8) is 0 Å². The lowest BCUT2D eigenvalue weighted by atomic mass is 10.1. The fourth-order valence-corrected chi connectivity index (χ4v) is 0.921. The fourth-order valence-electron chi connectivity index (χ4n) is 0.921. The van der Waals surface area contributed by atoms with E-state index in [-0.39, 0.29) is 6.04 Å². The minimum absolute atomic E-state index is 0.254. The van der Waals surface area contributed by atoms with Crippen LogP contribution in [0.5, 0.6) is 0 Å². The van der Waals surface area contributed by atoms with Gasteiger partial charge in [0.2, 0.25) is 0 Å². The first-order valence-electron chi connectivity index (χ1n) is 3.55. The van der Waals surface area contributed by atoms with Gasteiger partial charge in [0.1, 0.15) is 11.6 Å². The number of hydrogen-bond acceptors (Lipinski definition) is 2. The molecule has 0 aliphatic carbocycles. The summed E-state index contributed by atoms with van der Waals surface area (Å²) in [7, 11) is 0. The van der Waals surface area contributed by atoms with Crippen molar-refractivity contribution in [3.05, 3.63) is 35.4 Å². The van der Waals surface area contributed by atoms with E-state index in [1.807, 2.05) is 0 Å². The summed E-state index contributed by atoms with van der Waals surface area (Å²) in [5, 5.41) is 0. The van der Waals surface area contributed by atoms with E-state index in [9.17, 15) is 8.78 Å². The van der Waals surface area contributed by atoms with Gasteiger partial charge < -0.3 is 0 Å². The lowest BCUT2D eigenvalue weighted by molar-refractivity contribution is 0.556. The van der Waals surface area contributed by atoms with E-state index in [0.717, 1.165) is 6.07 Å². The summed E-state index contributed by atoms with van der Waals surface area (Å²) in [6.07, 6.45) is 0. The Morgan fingerprint density at radius 2 is 1.75 bits per heavy atom. The third-order valence-electron chi connectivity index (χ3n) is 1.63. The monoisotopic (exact) mass is 172 g/mol. The molecular formula is C8H10F2N2. The number of benzene rings is 1. The second-order valence-corrected chi connectivity index (χ2v) is 2.59. The summed E-state index contributed by atoms with van der Waals surface area (Å²) in [5.74, 6) is 3.93. The van der Waals surface area contributed by atoms with Crippen LogP contribution in [-0.2, 0) is 0 Å². The Kier molecular flexibility index (Phi) is 2.73. The van der Waals surface area contributed by atoms with E-state index >= 15 is 0 Å². The molecule has 0 spiro atoms. The smallest absolute Gasteiger partial charge is 0.126 e. The second-order valence-electron chi connectivity index (χ2n) is 2.59. The molecule has 1 aromatic rings. The standard InChI is InChI=1S/C8H10F2N2/c1-5(12-11)6-2-7(9)4-8(10)3-6/h2-5,12H,11H2,1H3/t5-/m1/s1. The molecule has 1 aromatic carbocycles. The van der Waals surface area contributed by atoms with Crippen LogP contribution in [0, 0.1) is 11.6 Å². The Bertz CT molecular complexity index is 256. The fraction of sp³-hybridized carbons (Fsp3) is 0.250. The van der Waals surface area contributed by atoms with Crippen molar-refractivity contribution >= 4 is 0 Å². The predicted octanol–water partition coefficient (Wildman–Crippen LogP) is 1.49. The molecular weight excluding hydrogens is 162 g/mol. The molecule has 0 unspecified atom stereocenters. The first-order chi connectivity index (χ1) is 5.63. The van der Waals surface area contributed by atoms with Crippen LogP contribution >= 0.6 is 0 Å². The number of hydrazine groups is 1. The molecule has 4 heteroatoms. The van der Waals surface area contributed by atoms with Gasteiger partial charge in [0.05, 0.1) is 0 Å². The van der Waals surface area contributed by atoms with Gasteiger partial charge in [-0.3, -0.25) is 11.3 Å². The van der Waals surface area contributed by atoms with Crippen molar-refractivity contribution in [3.8, 4) is 0 Å². The Morgan fingerprint density at radius 1 is 1.25 bits per heavy atom. The first kappa shape index (κ1) is 9.09. The van der Waals surface area contributed by atoms with Crippen LogP contribution in [0.1, 0.15) is 18.5 Å². The quantitative estimate of drug-likeness (QED) is 0.524. The van der Waals surface area contributed by atoms with Gasteiger partial charge in [-0.05, 0) is 24.6 Å². The van der Waals surface area contributed by atoms with Crippen LogP contribution in [0.4, 0.5) is 8.78 Å². The molecule has 0 radical (unpaired) electrons. The van der Waals surface area contributed by atoms with Crippen molar-refractivity contribution in [1.82, 2.24) is 5.43 Å². The van der Waals surface area contributed by atoms with Gasteiger partial charge in [-0.25, -0.2) is 8.78 Å². The van der Waals surface area contributed by atoms with Crippen molar-refractivity contribution in [1.29, 1.82) is 0 Å². The zero-order chi connectivity index (χ0) is 9.14. The predicted molar refractivity (Wildman–Crippen MR) is 42.1 cm³/mol. The number of rotatable bonds is 2. The van der Waals surface area contributed by atoms with Crippen LogP contribution in [-0.4, -0.2) is 0 Å². The van der Waals surface area contributed by atoms with E-state index in [1.54, 1.807) is 6.92 Å². The van der Waals surface area contributed by atoms with E-state index in [1.165, 1.54) is 12.1 Å². The highest BCUT2D eigenvalue weighted by atomic mass is 19.1. The SMILES string of the molecule is C[C@@H](NN)c1cc(F)cc(F)c1. The molecule has 0 fully saturated rings. The molecule has 12 heavy (non-hydrogen) atoms. The maximum absolute atomic E-state index is 12.6. The summed E-state index contributed by atoms with van der Waals surface area (Å²) in [5.41, 5.74) is 2.90. The van der Waals surface area contributed by atoms with Crippen LogP contribution in [0.15, 0.2) is 18.2 Å². The van der Waals surface area contributed by atoms with Crippen molar-refractivity contribution in [2.45, 2.75) is 13.0 Å². The Balaban J connectivity index is 3.00. The van der Waals surface area contributed by atoms with Gasteiger partial charge in [0, 0.05) is 12.1 Å². The Morgan fingerprint density at radius 3 is 2.17 bits per heavy atom. The molecule has 0 aliphatic rings. The molecule has 0 saturated carbocycles. The van der Waals surface area contributed by atoms with Gasteiger partial charge in [0.25, 0.3) is 0 Å². The molecule has 66 valence electrons. The summed E-state index contributed by atoms with van der Waals surface area (Å²) >= 11 is 0. The zero-order valence-electron chi connectivity index (χ0n) is 6.64. The zero-order valence-corrected chi connectivity index (χ0v) is 6.64. The molecule has 1 atom stereocenters. The molecule has 0 aromatic heterocycles. The first-order valence-corrected chi connectivity index (χ1v) is 3.55. The van der Waals surface area contributed by atoms with Crippen LogP contribution in [0.3, 0.4) is 0 Å². The number of halogens is 2. The van der Waals surface area contributed by atoms with Crippen LogP contribution < -0.4 is 11.3 Å². The highest BCUT2D eigenvalue weighted by Crippen LogP contribution is 2.14. The van der Waals surface area contributed by atoms with Gasteiger partial charge in [-0.2, -0.15) is 0 Å². The highest BCUT2D eigenvalue weighted by Gasteiger charge is 2.05. The normalized spacial score (nSPS) is 13.0. The summed E-state index contributed by atoms with van der Waals surface area (Å²) in [4.78, 5) is 0. The number of nitrogens with two attached hydrogens (primary N) is 1. The summed E-state index contributed by atoms with van der Waals surface area (Å²) in [6.45, 7) is 1.72. The van der Waals surface area contributed by atoms with Gasteiger partial charge >= 0.3 is 0 Å². The molecule has 0 heterocycles. The van der Waals surface area contributed by atoms with E-state index < -0.39 is 11.6 Å². The van der Waals surface area contributed by atoms with Gasteiger partial charge in [-0.15, -0.1) is 0 Å². The summed E-state index contributed by atoms with van der Waals surface area (Å²) in [6, 6.07) is 3.06. The van der Waals surface area contributed by atoms with Crippen LogP contribution in [0.2, 0.25) is 0 Å². The molecule has 2 nitrogen and oxygen atoms in total. The number of nitrogens with one attached hydrogen (secondary N) is 1.